The van der Waals surface area contributed by atoms with Crippen LogP contribution in [0.1, 0.15) is 164 Å². The highest BCUT2D eigenvalue weighted by Gasteiger charge is 2.59. The van der Waals surface area contributed by atoms with Crippen molar-refractivity contribution in [3.05, 3.63) is 23.8 Å². The maximum absolute atomic E-state index is 6.54. The van der Waals surface area contributed by atoms with Gasteiger partial charge in [0.25, 0.3) is 0 Å². The van der Waals surface area contributed by atoms with Crippen LogP contribution < -0.4 is 0 Å². The van der Waals surface area contributed by atoms with Gasteiger partial charge in [0.1, 0.15) is 0 Å². The van der Waals surface area contributed by atoms with Gasteiger partial charge in [-0.2, -0.15) is 0 Å². The molecule has 0 radical (unpaired) electrons. The Hall–Kier alpha value is -0.640. The number of hydrogen-bond acceptors (Lipinski definition) is 3. The predicted molar refractivity (Wildman–Crippen MR) is 201 cm³/mol. The topological polar surface area (TPSA) is 27.7 Å². The maximum atomic E-state index is 6.54. The minimum Gasteiger partial charge on any atom is -0.381 e. The molecule has 4 aliphatic rings. The van der Waals surface area contributed by atoms with Crippen LogP contribution in [0, 0.1) is 52.3 Å². The van der Waals surface area contributed by atoms with Crippen LogP contribution in [-0.4, -0.2) is 39.1 Å². The van der Waals surface area contributed by atoms with E-state index < -0.39 is 0 Å². The number of allylic oxidation sites excluding steroid dienone is 2. The molecule has 0 spiro atoms. The zero-order valence-electron chi connectivity index (χ0n) is 32.3. The van der Waals surface area contributed by atoms with Crippen molar-refractivity contribution >= 4 is 0 Å². The molecular formula is C44H78O3. The van der Waals surface area contributed by atoms with Crippen molar-refractivity contribution in [2.75, 3.05) is 33.0 Å². The van der Waals surface area contributed by atoms with Crippen LogP contribution in [0.25, 0.3) is 0 Å². The molecule has 0 N–H and O–H groups in total. The van der Waals surface area contributed by atoms with Gasteiger partial charge in [-0.25, -0.2) is 0 Å². The van der Waals surface area contributed by atoms with Crippen LogP contribution in [0.5, 0.6) is 0 Å². The molecule has 4 aliphatic carbocycles. The number of hydrogen-bond donors (Lipinski definition) is 0. The second kappa shape index (κ2) is 19.7. The molecule has 3 nitrogen and oxygen atoms in total. The third kappa shape index (κ3) is 10.9. The molecule has 3 fully saturated rings. The first kappa shape index (κ1) is 39.2. The van der Waals surface area contributed by atoms with Crippen molar-refractivity contribution in [1.29, 1.82) is 0 Å². The Labute approximate surface area is 292 Å². The van der Waals surface area contributed by atoms with Gasteiger partial charge in [-0.3, -0.25) is 0 Å². The van der Waals surface area contributed by atoms with E-state index in [0.29, 0.717) is 22.9 Å². The monoisotopic (exact) mass is 655 g/mol. The minimum absolute atomic E-state index is 0.437. The molecule has 272 valence electrons. The zero-order chi connectivity index (χ0) is 33.7. The van der Waals surface area contributed by atoms with E-state index in [4.69, 9.17) is 14.2 Å². The fourth-order valence-corrected chi connectivity index (χ4v) is 11.0. The predicted octanol–water partition coefficient (Wildman–Crippen LogP) is 12.4. The molecule has 0 aromatic carbocycles. The molecule has 47 heavy (non-hydrogen) atoms. The minimum atomic E-state index is 0.437. The van der Waals surface area contributed by atoms with Crippen molar-refractivity contribution < 1.29 is 14.2 Å². The normalized spacial score (nSPS) is 33.4. The SMILES string of the molecule is CC/C=C\COC[C@@H](C)COCCCCCCCCOC1CC[C@@]2(C)C(=CC[C@H]3[C@@H]4CC[C@H]([C@H](C)CCCC(C)C)[C@@]4(C)CC[C@@H]32)C1. The lowest BCUT2D eigenvalue weighted by molar-refractivity contribution is -0.0641. The molecule has 3 saturated carbocycles. The Morgan fingerprint density at radius 1 is 0.787 bits per heavy atom. The average Bonchev–Trinajstić information content (AvgIpc) is 3.40. The van der Waals surface area contributed by atoms with E-state index in [2.05, 4.69) is 66.7 Å². The van der Waals surface area contributed by atoms with Crippen molar-refractivity contribution in [3.8, 4) is 0 Å². The highest BCUT2D eigenvalue weighted by Crippen LogP contribution is 2.67. The summed E-state index contributed by atoms with van der Waals surface area (Å²) >= 11 is 0. The summed E-state index contributed by atoms with van der Waals surface area (Å²) in [4.78, 5) is 0. The summed E-state index contributed by atoms with van der Waals surface area (Å²) in [7, 11) is 0. The van der Waals surface area contributed by atoms with E-state index in [1.807, 2.05) is 0 Å². The van der Waals surface area contributed by atoms with E-state index >= 15 is 0 Å². The molecule has 0 heterocycles. The molecular weight excluding hydrogens is 576 g/mol. The number of fused-ring (bicyclic) bond motifs is 5. The van der Waals surface area contributed by atoms with Gasteiger partial charge in [-0.05, 0) is 117 Å². The first-order valence-corrected chi connectivity index (χ1v) is 20.8. The molecule has 0 saturated heterocycles. The van der Waals surface area contributed by atoms with Crippen molar-refractivity contribution in [2.24, 2.45) is 52.3 Å². The molecule has 4 rings (SSSR count). The Bertz CT molecular complexity index is 938. The van der Waals surface area contributed by atoms with Crippen molar-refractivity contribution in [1.82, 2.24) is 0 Å². The van der Waals surface area contributed by atoms with E-state index in [9.17, 15) is 0 Å². The number of unbranched alkanes of at least 4 members (excludes halogenated alkanes) is 5. The van der Waals surface area contributed by atoms with Crippen LogP contribution in [0.2, 0.25) is 0 Å². The maximum Gasteiger partial charge on any atom is 0.0647 e. The lowest BCUT2D eigenvalue weighted by Crippen LogP contribution is -2.51. The fourth-order valence-electron chi connectivity index (χ4n) is 11.0. The standard InChI is InChI=1S/C44H78O3/c1-8-9-14-28-45-32-35(4)33-46-29-15-12-10-11-13-16-30-47-38-24-26-43(6)37(31-38)20-21-39-41-23-22-40(36(5)19-17-18-34(2)3)44(41,7)27-25-42(39)43/h9,14,20,34-36,38-42H,8,10-13,15-19,21-33H2,1-7H3/b14-9-/t35-,36-,38?,39+,40-,41+,42+,43+,44-/m1/s1. The molecule has 1 unspecified atom stereocenters. The summed E-state index contributed by atoms with van der Waals surface area (Å²) in [6, 6.07) is 0. The third-order valence-corrected chi connectivity index (χ3v) is 13.7. The first-order chi connectivity index (χ1) is 22.7. The highest BCUT2D eigenvalue weighted by molar-refractivity contribution is 5.25. The van der Waals surface area contributed by atoms with Gasteiger partial charge in [-0.1, -0.05) is 117 Å². The van der Waals surface area contributed by atoms with Crippen molar-refractivity contribution in [2.45, 2.75) is 170 Å². The summed E-state index contributed by atoms with van der Waals surface area (Å²) < 4.78 is 18.1. The number of rotatable bonds is 22. The van der Waals surface area contributed by atoms with Crippen LogP contribution in [0.3, 0.4) is 0 Å². The Morgan fingerprint density at radius 3 is 2.30 bits per heavy atom. The Morgan fingerprint density at radius 2 is 1.53 bits per heavy atom. The Balaban J connectivity index is 1.08. The van der Waals surface area contributed by atoms with Crippen LogP contribution in [0.15, 0.2) is 23.8 Å². The molecule has 9 atom stereocenters. The van der Waals surface area contributed by atoms with Gasteiger partial charge >= 0.3 is 0 Å². The van der Waals surface area contributed by atoms with Gasteiger partial charge in [0, 0.05) is 19.1 Å². The molecule has 0 aromatic rings. The van der Waals surface area contributed by atoms with Gasteiger partial charge < -0.3 is 14.2 Å². The van der Waals surface area contributed by atoms with Gasteiger partial charge in [0.15, 0.2) is 0 Å². The first-order valence-electron chi connectivity index (χ1n) is 20.8. The lowest BCUT2D eigenvalue weighted by Gasteiger charge is -2.58. The summed E-state index contributed by atoms with van der Waals surface area (Å²) in [5.74, 6) is 5.99. The zero-order valence-corrected chi connectivity index (χ0v) is 32.3. The smallest absolute Gasteiger partial charge is 0.0647 e. The second-order valence-electron chi connectivity index (χ2n) is 17.7. The molecule has 0 bridgehead atoms. The lowest BCUT2D eigenvalue weighted by atomic mass is 9.47. The molecule has 0 aromatic heterocycles. The van der Waals surface area contributed by atoms with Gasteiger partial charge in [0.05, 0.1) is 25.9 Å². The fraction of sp³-hybridized carbons (Fsp3) is 0.909. The van der Waals surface area contributed by atoms with Crippen molar-refractivity contribution in [3.63, 3.8) is 0 Å². The highest BCUT2D eigenvalue weighted by atomic mass is 16.5. The summed E-state index contributed by atoms with van der Waals surface area (Å²) in [5.41, 5.74) is 2.81. The summed E-state index contributed by atoms with van der Waals surface area (Å²) in [6.45, 7) is 21.3. The van der Waals surface area contributed by atoms with E-state index in [1.165, 1.54) is 109 Å². The second-order valence-corrected chi connectivity index (χ2v) is 17.7. The third-order valence-electron chi connectivity index (χ3n) is 13.7. The van der Waals surface area contributed by atoms with Crippen LogP contribution in [-0.2, 0) is 14.2 Å². The van der Waals surface area contributed by atoms with E-state index in [1.54, 1.807) is 5.57 Å². The Kier molecular flexibility index (Phi) is 16.4. The van der Waals surface area contributed by atoms with E-state index in [-0.39, 0.29) is 0 Å². The molecule has 0 amide bonds. The molecule has 0 aliphatic heterocycles. The van der Waals surface area contributed by atoms with Gasteiger partial charge in [0.2, 0.25) is 0 Å². The molecule has 3 heteroatoms. The average molecular weight is 655 g/mol. The quantitative estimate of drug-likeness (QED) is 0.0859. The summed E-state index contributed by atoms with van der Waals surface area (Å²) in [5, 5.41) is 0. The number of ether oxygens (including phenoxy) is 3. The van der Waals surface area contributed by atoms with Crippen LogP contribution in [0.4, 0.5) is 0 Å². The van der Waals surface area contributed by atoms with Crippen LogP contribution >= 0.6 is 0 Å². The summed E-state index contributed by atoms with van der Waals surface area (Å²) in [6.07, 6.45) is 31.6. The van der Waals surface area contributed by atoms with Gasteiger partial charge in [-0.15, -0.1) is 0 Å². The largest absolute Gasteiger partial charge is 0.381 e. The van der Waals surface area contributed by atoms with E-state index in [0.717, 1.165) is 75.0 Å².